The summed E-state index contributed by atoms with van der Waals surface area (Å²) in [6.45, 7) is 0.781. The lowest BCUT2D eigenvalue weighted by atomic mass is 10.2. The van der Waals surface area contributed by atoms with E-state index in [2.05, 4.69) is 21.2 Å². The first-order valence-corrected chi connectivity index (χ1v) is 7.32. The van der Waals surface area contributed by atoms with Crippen molar-refractivity contribution in [2.24, 2.45) is 0 Å². The number of benzene rings is 2. The van der Waals surface area contributed by atoms with Gasteiger partial charge < -0.3 is 14.8 Å². The molecule has 0 unspecified atom stereocenters. The lowest BCUT2D eigenvalue weighted by molar-refractivity contribution is 0.279. The molecule has 0 fully saturated rings. The topological polar surface area (TPSA) is 30.5 Å². The summed E-state index contributed by atoms with van der Waals surface area (Å²) in [7, 11) is 3.41. The molecule has 1 N–H and O–H groups in total. The van der Waals surface area contributed by atoms with Gasteiger partial charge in [-0.1, -0.05) is 28.1 Å². The first kappa shape index (κ1) is 15.8. The van der Waals surface area contributed by atoms with Gasteiger partial charge in [0.15, 0.2) is 11.6 Å². The van der Waals surface area contributed by atoms with E-state index in [4.69, 9.17) is 9.47 Å². The molecule has 112 valence electrons. The Morgan fingerprint density at radius 2 is 2.00 bits per heavy atom. The van der Waals surface area contributed by atoms with E-state index >= 15 is 0 Å². The van der Waals surface area contributed by atoms with Gasteiger partial charge in [-0.3, -0.25) is 0 Å². The van der Waals surface area contributed by atoms with Gasteiger partial charge in [0.2, 0.25) is 0 Å². The van der Waals surface area contributed by atoms with Crippen molar-refractivity contribution in [3.63, 3.8) is 0 Å². The highest BCUT2D eigenvalue weighted by atomic mass is 79.9. The van der Waals surface area contributed by atoms with Crippen molar-refractivity contribution in [1.29, 1.82) is 0 Å². The van der Waals surface area contributed by atoms with Gasteiger partial charge in [-0.2, -0.15) is 0 Å². The molecule has 0 atom stereocenters. The standard InChI is InChI=1S/C16H17BrFNO2/c1-19-9-11-4-3-5-14(18)16(11)21-10-12-8-13(17)6-7-15(12)20-2/h3-8,19H,9-10H2,1-2H3. The fourth-order valence-electron chi connectivity index (χ4n) is 2.05. The summed E-state index contributed by atoms with van der Waals surface area (Å²) in [5.41, 5.74) is 1.64. The van der Waals surface area contributed by atoms with Gasteiger partial charge >= 0.3 is 0 Å². The van der Waals surface area contributed by atoms with Crippen LogP contribution < -0.4 is 14.8 Å². The van der Waals surface area contributed by atoms with E-state index in [0.717, 1.165) is 15.6 Å². The van der Waals surface area contributed by atoms with E-state index in [1.54, 1.807) is 13.2 Å². The lowest BCUT2D eigenvalue weighted by Gasteiger charge is -2.14. The minimum Gasteiger partial charge on any atom is -0.496 e. The zero-order chi connectivity index (χ0) is 15.2. The molecule has 0 aliphatic carbocycles. The SMILES string of the molecule is CNCc1cccc(F)c1OCc1cc(Br)ccc1OC. The summed E-state index contributed by atoms with van der Waals surface area (Å²) in [6, 6.07) is 10.5. The number of methoxy groups -OCH3 is 1. The monoisotopic (exact) mass is 353 g/mol. The third-order valence-electron chi connectivity index (χ3n) is 3.03. The number of halogens is 2. The van der Waals surface area contributed by atoms with E-state index in [0.29, 0.717) is 12.3 Å². The molecule has 21 heavy (non-hydrogen) atoms. The Labute approximate surface area is 132 Å². The molecule has 0 radical (unpaired) electrons. The predicted molar refractivity (Wildman–Crippen MR) is 84.2 cm³/mol. The minimum atomic E-state index is -0.364. The Kier molecular flexibility index (Phi) is 5.59. The van der Waals surface area contributed by atoms with Crippen LogP contribution in [0.2, 0.25) is 0 Å². The van der Waals surface area contributed by atoms with Crippen LogP contribution >= 0.6 is 15.9 Å². The van der Waals surface area contributed by atoms with Crippen molar-refractivity contribution in [2.45, 2.75) is 13.2 Å². The molecule has 5 heteroatoms. The highest BCUT2D eigenvalue weighted by Crippen LogP contribution is 2.27. The average Bonchev–Trinajstić information content (AvgIpc) is 2.47. The first-order valence-electron chi connectivity index (χ1n) is 6.53. The molecule has 0 saturated carbocycles. The molecule has 0 saturated heterocycles. The lowest BCUT2D eigenvalue weighted by Crippen LogP contribution is -2.09. The maximum absolute atomic E-state index is 13.9. The Morgan fingerprint density at radius 1 is 1.19 bits per heavy atom. The maximum Gasteiger partial charge on any atom is 0.165 e. The normalized spacial score (nSPS) is 10.5. The Bertz CT molecular complexity index is 619. The van der Waals surface area contributed by atoms with Gasteiger partial charge in [0.05, 0.1) is 7.11 Å². The van der Waals surface area contributed by atoms with Gasteiger partial charge in [-0.05, 0) is 31.3 Å². The van der Waals surface area contributed by atoms with Crippen molar-refractivity contribution in [2.75, 3.05) is 14.2 Å². The van der Waals surface area contributed by atoms with E-state index in [9.17, 15) is 4.39 Å². The van der Waals surface area contributed by atoms with Crippen LogP contribution in [0.3, 0.4) is 0 Å². The molecule has 0 aliphatic heterocycles. The molecule has 2 aromatic rings. The smallest absolute Gasteiger partial charge is 0.165 e. The Balaban J connectivity index is 2.22. The van der Waals surface area contributed by atoms with Crippen LogP contribution in [0.4, 0.5) is 4.39 Å². The summed E-state index contributed by atoms with van der Waals surface area (Å²) < 4.78 is 25.8. The third kappa shape index (κ3) is 3.95. The van der Waals surface area contributed by atoms with Gasteiger partial charge in [0, 0.05) is 22.1 Å². The third-order valence-corrected chi connectivity index (χ3v) is 3.52. The molecule has 3 nitrogen and oxygen atoms in total. The van der Waals surface area contributed by atoms with E-state index in [-0.39, 0.29) is 18.2 Å². The average molecular weight is 354 g/mol. The van der Waals surface area contributed by atoms with Crippen LogP contribution in [-0.2, 0) is 13.2 Å². The second kappa shape index (κ2) is 7.43. The molecule has 0 aromatic heterocycles. The van der Waals surface area contributed by atoms with Crippen molar-refractivity contribution < 1.29 is 13.9 Å². The van der Waals surface area contributed by atoms with Crippen LogP contribution in [0.25, 0.3) is 0 Å². The van der Waals surface area contributed by atoms with Crippen molar-refractivity contribution >= 4 is 15.9 Å². The second-order valence-corrected chi connectivity index (χ2v) is 5.42. The zero-order valence-electron chi connectivity index (χ0n) is 12.0. The van der Waals surface area contributed by atoms with Crippen LogP contribution in [0.1, 0.15) is 11.1 Å². The zero-order valence-corrected chi connectivity index (χ0v) is 13.5. The van der Waals surface area contributed by atoms with Gasteiger partial charge in [-0.15, -0.1) is 0 Å². The quantitative estimate of drug-likeness (QED) is 0.854. The molecule has 0 amide bonds. The van der Waals surface area contributed by atoms with Gasteiger partial charge in [0.1, 0.15) is 12.4 Å². The first-order chi connectivity index (χ1) is 10.2. The van der Waals surface area contributed by atoms with E-state index in [1.807, 2.05) is 31.3 Å². The van der Waals surface area contributed by atoms with Crippen LogP contribution in [0.15, 0.2) is 40.9 Å². The summed E-state index contributed by atoms with van der Waals surface area (Å²) in [5.74, 6) is 0.621. The summed E-state index contributed by atoms with van der Waals surface area (Å²) in [6.07, 6.45) is 0. The Hall–Kier alpha value is -1.59. The summed E-state index contributed by atoms with van der Waals surface area (Å²) >= 11 is 3.41. The number of hydrogen-bond acceptors (Lipinski definition) is 3. The van der Waals surface area contributed by atoms with Crippen LogP contribution in [0.5, 0.6) is 11.5 Å². The number of para-hydroxylation sites is 1. The summed E-state index contributed by atoms with van der Waals surface area (Å²) in [5, 5.41) is 3.00. The maximum atomic E-state index is 13.9. The number of nitrogens with one attached hydrogen (secondary N) is 1. The number of rotatable bonds is 6. The second-order valence-electron chi connectivity index (χ2n) is 4.50. The molecular weight excluding hydrogens is 337 g/mol. The van der Waals surface area contributed by atoms with Crippen LogP contribution in [0, 0.1) is 5.82 Å². The molecule has 0 aliphatic rings. The van der Waals surface area contributed by atoms with Crippen LogP contribution in [-0.4, -0.2) is 14.2 Å². The van der Waals surface area contributed by atoms with Crippen molar-refractivity contribution in [3.05, 3.63) is 57.8 Å². The molecule has 2 aromatic carbocycles. The fourth-order valence-corrected chi connectivity index (χ4v) is 2.46. The number of ether oxygens (including phenoxy) is 2. The van der Waals surface area contributed by atoms with E-state index < -0.39 is 0 Å². The fraction of sp³-hybridized carbons (Fsp3) is 0.250. The van der Waals surface area contributed by atoms with Crippen molar-refractivity contribution in [1.82, 2.24) is 5.32 Å². The summed E-state index contributed by atoms with van der Waals surface area (Å²) in [4.78, 5) is 0. The number of hydrogen-bond donors (Lipinski definition) is 1. The molecule has 0 spiro atoms. The molecule has 0 bridgehead atoms. The van der Waals surface area contributed by atoms with Crippen molar-refractivity contribution in [3.8, 4) is 11.5 Å². The van der Waals surface area contributed by atoms with Gasteiger partial charge in [-0.25, -0.2) is 4.39 Å². The highest BCUT2D eigenvalue weighted by Gasteiger charge is 2.11. The van der Waals surface area contributed by atoms with Gasteiger partial charge in [0.25, 0.3) is 0 Å². The largest absolute Gasteiger partial charge is 0.496 e. The molecular formula is C16H17BrFNO2. The molecule has 2 rings (SSSR count). The minimum absolute atomic E-state index is 0.236. The highest BCUT2D eigenvalue weighted by molar-refractivity contribution is 9.10. The predicted octanol–water partition coefficient (Wildman–Crippen LogP) is 3.90. The Morgan fingerprint density at radius 3 is 2.71 bits per heavy atom. The van der Waals surface area contributed by atoms with E-state index in [1.165, 1.54) is 6.07 Å². The molecule has 0 heterocycles.